The van der Waals surface area contributed by atoms with Crippen molar-refractivity contribution in [1.82, 2.24) is 9.47 Å². The van der Waals surface area contributed by atoms with Crippen LogP contribution in [0, 0.1) is 5.92 Å². The highest BCUT2D eigenvalue weighted by Crippen LogP contribution is 2.15. The molecule has 1 aliphatic rings. The molecule has 0 radical (unpaired) electrons. The van der Waals surface area contributed by atoms with E-state index < -0.39 is 0 Å². The van der Waals surface area contributed by atoms with Crippen LogP contribution in [0.3, 0.4) is 0 Å². The van der Waals surface area contributed by atoms with Gasteiger partial charge in [0.05, 0.1) is 0 Å². The maximum absolute atomic E-state index is 11.3. The zero-order valence-corrected chi connectivity index (χ0v) is 8.59. The second kappa shape index (κ2) is 3.64. The summed E-state index contributed by atoms with van der Waals surface area (Å²) in [5.41, 5.74) is 0. The first-order valence-corrected chi connectivity index (χ1v) is 5.46. The Morgan fingerprint density at radius 2 is 2.54 bits per heavy atom. The van der Waals surface area contributed by atoms with Crippen LogP contribution in [0.2, 0.25) is 0 Å². The molecule has 1 atom stereocenters. The van der Waals surface area contributed by atoms with Crippen LogP contribution >= 0.6 is 11.3 Å². The van der Waals surface area contributed by atoms with Gasteiger partial charge in [0.15, 0.2) is 0 Å². The number of nitrogens with zero attached hydrogens (tertiary/aromatic N) is 2. The number of likely N-dealkylation sites (tertiary alicyclic amines) is 1. The summed E-state index contributed by atoms with van der Waals surface area (Å²) in [6, 6.07) is 0. The lowest BCUT2D eigenvalue weighted by Crippen LogP contribution is -2.21. The molecule has 0 amide bonds. The molecule has 1 fully saturated rings. The average Bonchev–Trinajstić information content (AvgIpc) is 2.64. The van der Waals surface area contributed by atoms with Crippen LogP contribution in [0.1, 0.15) is 6.42 Å². The van der Waals surface area contributed by atoms with Gasteiger partial charge < -0.3 is 9.47 Å². The molecule has 1 aromatic rings. The van der Waals surface area contributed by atoms with E-state index in [1.54, 1.807) is 0 Å². The maximum atomic E-state index is 11.3. The second-order valence-electron chi connectivity index (χ2n) is 3.74. The summed E-state index contributed by atoms with van der Waals surface area (Å²) in [5, 5.41) is 1.86. The molecule has 72 valence electrons. The molecule has 0 N–H and O–H groups in total. The summed E-state index contributed by atoms with van der Waals surface area (Å²) in [6.45, 7) is 3.19. The van der Waals surface area contributed by atoms with Gasteiger partial charge >= 0.3 is 4.87 Å². The summed E-state index contributed by atoms with van der Waals surface area (Å²) in [4.78, 5) is 13.8. The van der Waals surface area contributed by atoms with Crippen molar-refractivity contribution in [3.63, 3.8) is 0 Å². The summed E-state index contributed by atoms with van der Waals surface area (Å²) in [6.07, 6.45) is 3.12. The minimum absolute atomic E-state index is 0.176. The van der Waals surface area contributed by atoms with E-state index in [1.165, 1.54) is 24.3 Å². The number of hydrogen-bond donors (Lipinski definition) is 0. The monoisotopic (exact) mass is 198 g/mol. The van der Waals surface area contributed by atoms with E-state index in [2.05, 4.69) is 11.9 Å². The largest absolute Gasteiger partial charge is 0.307 e. The fourth-order valence-electron chi connectivity index (χ4n) is 1.88. The van der Waals surface area contributed by atoms with Gasteiger partial charge in [-0.05, 0) is 25.9 Å². The molecule has 0 saturated carbocycles. The first-order chi connectivity index (χ1) is 6.25. The van der Waals surface area contributed by atoms with Gasteiger partial charge in [0.1, 0.15) is 0 Å². The van der Waals surface area contributed by atoms with Gasteiger partial charge in [-0.2, -0.15) is 0 Å². The van der Waals surface area contributed by atoms with E-state index >= 15 is 0 Å². The van der Waals surface area contributed by atoms with Crippen molar-refractivity contribution >= 4 is 11.3 Å². The molecule has 0 aromatic carbocycles. The number of thiazole rings is 1. The fourth-order valence-corrected chi connectivity index (χ4v) is 2.47. The lowest BCUT2D eigenvalue weighted by Gasteiger charge is -2.09. The standard InChI is InChI=1S/C9H14N2OS/c1-10-3-2-8(6-10)7-11-4-5-13-9(11)12/h4-5,8H,2-3,6-7H2,1H3. The number of hydrogen-bond acceptors (Lipinski definition) is 3. The summed E-state index contributed by atoms with van der Waals surface area (Å²) < 4.78 is 1.83. The lowest BCUT2D eigenvalue weighted by atomic mass is 10.1. The molecule has 1 saturated heterocycles. The second-order valence-corrected chi connectivity index (χ2v) is 4.60. The number of aromatic nitrogens is 1. The normalized spacial score (nSPS) is 23.9. The van der Waals surface area contributed by atoms with Crippen molar-refractivity contribution in [3.05, 3.63) is 21.2 Å². The zero-order valence-electron chi connectivity index (χ0n) is 7.77. The quantitative estimate of drug-likeness (QED) is 0.704. The third kappa shape index (κ3) is 2.00. The van der Waals surface area contributed by atoms with Crippen LogP contribution in [0.4, 0.5) is 0 Å². The molecule has 1 unspecified atom stereocenters. The van der Waals surface area contributed by atoms with E-state index in [0.29, 0.717) is 5.92 Å². The molecule has 1 aliphatic heterocycles. The van der Waals surface area contributed by atoms with Gasteiger partial charge in [-0.1, -0.05) is 11.3 Å². The van der Waals surface area contributed by atoms with Crippen LogP contribution in [0.25, 0.3) is 0 Å². The van der Waals surface area contributed by atoms with Crippen molar-refractivity contribution in [2.24, 2.45) is 5.92 Å². The minimum Gasteiger partial charge on any atom is -0.306 e. The molecule has 2 rings (SSSR count). The van der Waals surface area contributed by atoms with Gasteiger partial charge in [0.2, 0.25) is 0 Å². The van der Waals surface area contributed by atoms with Crippen LogP contribution in [-0.2, 0) is 6.54 Å². The molecule has 13 heavy (non-hydrogen) atoms. The highest BCUT2D eigenvalue weighted by atomic mass is 32.1. The van der Waals surface area contributed by atoms with Crippen molar-refractivity contribution < 1.29 is 0 Å². The van der Waals surface area contributed by atoms with Crippen molar-refractivity contribution in [2.75, 3.05) is 20.1 Å². The Balaban J connectivity index is 1.99. The van der Waals surface area contributed by atoms with Crippen LogP contribution in [0.5, 0.6) is 0 Å². The van der Waals surface area contributed by atoms with E-state index in [9.17, 15) is 4.79 Å². The first-order valence-electron chi connectivity index (χ1n) is 4.58. The van der Waals surface area contributed by atoms with Gasteiger partial charge in [-0.15, -0.1) is 0 Å². The Hall–Kier alpha value is -0.610. The Labute approximate surface area is 81.6 Å². The van der Waals surface area contributed by atoms with E-state index in [4.69, 9.17) is 0 Å². The maximum Gasteiger partial charge on any atom is 0.307 e. The minimum atomic E-state index is 0.176. The van der Waals surface area contributed by atoms with Crippen molar-refractivity contribution in [2.45, 2.75) is 13.0 Å². The molecule has 0 aliphatic carbocycles. The van der Waals surface area contributed by atoms with Crippen LogP contribution < -0.4 is 4.87 Å². The highest BCUT2D eigenvalue weighted by Gasteiger charge is 2.19. The smallest absolute Gasteiger partial charge is 0.306 e. The Morgan fingerprint density at radius 1 is 1.69 bits per heavy atom. The van der Waals surface area contributed by atoms with Crippen LogP contribution in [-0.4, -0.2) is 29.6 Å². The molecule has 2 heterocycles. The molecular formula is C9H14N2OS. The molecule has 1 aromatic heterocycles. The van der Waals surface area contributed by atoms with Gasteiger partial charge in [0.25, 0.3) is 0 Å². The topological polar surface area (TPSA) is 25.2 Å². The summed E-state index contributed by atoms with van der Waals surface area (Å²) >= 11 is 1.28. The van der Waals surface area contributed by atoms with Gasteiger partial charge in [-0.25, -0.2) is 0 Å². The van der Waals surface area contributed by atoms with Crippen LogP contribution in [0.15, 0.2) is 16.4 Å². The predicted molar refractivity (Wildman–Crippen MR) is 54.2 cm³/mol. The average molecular weight is 198 g/mol. The van der Waals surface area contributed by atoms with Gasteiger partial charge in [-0.3, -0.25) is 4.79 Å². The Bertz CT molecular complexity index is 330. The molecule has 0 bridgehead atoms. The zero-order chi connectivity index (χ0) is 9.26. The summed E-state index contributed by atoms with van der Waals surface area (Å²) in [7, 11) is 2.14. The SMILES string of the molecule is CN1CCC(Cn2ccsc2=O)C1. The van der Waals surface area contributed by atoms with E-state index in [-0.39, 0.29) is 4.87 Å². The molecule has 3 nitrogen and oxygen atoms in total. The predicted octanol–water partition coefficient (Wildman–Crippen LogP) is 0.861. The highest BCUT2D eigenvalue weighted by molar-refractivity contribution is 7.07. The molecule has 4 heteroatoms. The van der Waals surface area contributed by atoms with Crippen molar-refractivity contribution in [3.8, 4) is 0 Å². The summed E-state index contributed by atoms with van der Waals surface area (Å²) in [5.74, 6) is 0.664. The third-order valence-electron chi connectivity index (χ3n) is 2.59. The number of rotatable bonds is 2. The Morgan fingerprint density at radius 3 is 3.08 bits per heavy atom. The molecular weight excluding hydrogens is 184 g/mol. The first kappa shape index (κ1) is 8.97. The lowest BCUT2D eigenvalue weighted by molar-refractivity contribution is 0.377. The third-order valence-corrected chi connectivity index (χ3v) is 3.28. The van der Waals surface area contributed by atoms with E-state index in [0.717, 1.165) is 13.1 Å². The molecule has 0 spiro atoms. The van der Waals surface area contributed by atoms with Gasteiger partial charge in [0, 0.05) is 24.7 Å². The fraction of sp³-hybridized carbons (Fsp3) is 0.667. The van der Waals surface area contributed by atoms with Crippen molar-refractivity contribution in [1.29, 1.82) is 0 Å². The Kier molecular flexibility index (Phi) is 2.51. The van der Waals surface area contributed by atoms with E-state index in [1.807, 2.05) is 16.1 Å².